The molecule has 6 rings (SSSR count). The van der Waals surface area contributed by atoms with Crippen molar-refractivity contribution in [2.24, 2.45) is 17.8 Å². The second-order valence-corrected chi connectivity index (χ2v) is 19.1. The lowest BCUT2D eigenvalue weighted by Crippen LogP contribution is -2.63. The fourth-order valence-electron chi connectivity index (χ4n) is 8.44. The zero-order valence-electron chi connectivity index (χ0n) is 33.4. The maximum Gasteiger partial charge on any atom is 0.408 e. The molecule has 2 saturated carbocycles. The van der Waals surface area contributed by atoms with E-state index in [1.165, 1.54) is 20.2 Å². The van der Waals surface area contributed by atoms with Gasteiger partial charge in [0.25, 0.3) is 5.91 Å². The Balaban J connectivity index is 1.49. The van der Waals surface area contributed by atoms with Gasteiger partial charge in [-0.1, -0.05) is 50.6 Å². The normalized spacial score (nSPS) is 31.5. The molecule has 0 radical (unpaired) electrons. The molecule has 14 nitrogen and oxygen atoms in total. The van der Waals surface area contributed by atoms with E-state index in [0.29, 0.717) is 59.9 Å². The van der Waals surface area contributed by atoms with Crippen molar-refractivity contribution in [1.82, 2.24) is 24.8 Å². The molecule has 4 aliphatic rings. The van der Waals surface area contributed by atoms with Gasteiger partial charge < -0.3 is 24.8 Å². The van der Waals surface area contributed by atoms with E-state index in [-0.39, 0.29) is 18.2 Å². The van der Waals surface area contributed by atoms with E-state index in [0.717, 1.165) is 11.8 Å². The summed E-state index contributed by atoms with van der Waals surface area (Å²) < 4.78 is 74.0. The van der Waals surface area contributed by atoms with Crippen LogP contribution in [0.5, 0.6) is 11.6 Å². The summed E-state index contributed by atoms with van der Waals surface area (Å²) in [6.07, 6.45) is 5.78. The lowest BCUT2D eigenvalue weighted by molar-refractivity contribution is -0.163. The Bertz CT molecular complexity index is 2080. The first-order valence-electron chi connectivity index (χ1n) is 19.5. The van der Waals surface area contributed by atoms with Crippen molar-refractivity contribution >= 4 is 44.6 Å². The predicted octanol–water partition coefficient (Wildman–Crippen LogP) is 5.26. The highest BCUT2D eigenvalue weighted by atomic mass is 32.2. The number of sulfonamides is 1. The van der Waals surface area contributed by atoms with Crippen LogP contribution >= 0.6 is 0 Å². The number of pyridine rings is 1. The predicted molar refractivity (Wildman–Crippen MR) is 206 cm³/mol. The topological polar surface area (TPSA) is 185 Å². The van der Waals surface area contributed by atoms with Crippen LogP contribution < -0.4 is 19.5 Å². The van der Waals surface area contributed by atoms with Gasteiger partial charge in [-0.3, -0.25) is 24.0 Å². The molecule has 17 heteroatoms. The number of hydrogen-bond donors (Lipinski definition) is 3. The largest absolute Gasteiger partial charge is 0.494 e. The second kappa shape index (κ2) is 15.0. The Kier molecular flexibility index (Phi) is 11.1. The Hall–Kier alpha value is -4.54. The van der Waals surface area contributed by atoms with Crippen LogP contribution in [-0.2, 0) is 24.4 Å². The molecule has 4 amide bonds. The van der Waals surface area contributed by atoms with E-state index in [2.05, 4.69) is 15.0 Å². The summed E-state index contributed by atoms with van der Waals surface area (Å²) in [5.74, 6) is -8.98. The van der Waals surface area contributed by atoms with E-state index >= 15 is 13.6 Å². The molecule has 57 heavy (non-hydrogen) atoms. The number of allylic oxidation sites excluding steroid dienone is 1. The maximum absolute atomic E-state index is 17.5. The molecule has 0 unspecified atom stereocenters. The summed E-state index contributed by atoms with van der Waals surface area (Å²) in [5.41, 5.74) is -4.56. The Labute approximate surface area is 331 Å². The summed E-state index contributed by atoms with van der Waals surface area (Å²) in [4.78, 5) is 62.5. The van der Waals surface area contributed by atoms with Crippen molar-refractivity contribution in [3.05, 3.63) is 42.6 Å². The number of benzene rings is 1. The van der Waals surface area contributed by atoms with Gasteiger partial charge in [0.05, 0.1) is 24.6 Å². The summed E-state index contributed by atoms with van der Waals surface area (Å²) in [6.45, 7) is 8.60. The number of halogens is 2. The van der Waals surface area contributed by atoms with Gasteiger partial charge in [0.2, 0.25) is 27.7 Å². The Morgan fingerprint density at radius 2 is 1.82 bits per heavy atom. The van der Waals surface area contributed by atoms with Crippen molar-refractivity contribution < 1.29 is 51.0 Å². The molecule has 1 saturated heterocycles. The van der Waals surface area contributed by atoms with Crippen LogP contribution in [0.15, 0.2) is 42.6 Å². The number of aromatic nitrogens is 1. The summed E-state index contributed by atoms with van der Waals surface area (Å²) >= 11 is 0. The zero-order valence-corrected chi connectivity index (χ0v) is 34.2. The first kappa shape index (κ1) is 42.1. The van der Waals surface area contributed by atoms with Gasteiger partial charge in [0.1, 0.15) is 17.3 Å². The molecule has 2 aromatic rings. The zero-order chi connectivity index (χ0) is 41.9. The van der Waals surface area contributed by atoms with Crippen LogP contribution in [0.25, 0.3) is 10.8 Å². The molecule has 1 aromatic carbocycles. The van der Waals surface area contributed by atoms with E-state index < -0.39 is 92.2 Å². The van der Waals surface area contributed by atoms with Gasteiger partial charge in [-0.2, -0.15) is 8.78 Å². The van der Waals surface area contributed by atoms with Gasteiger partial charge >= 0.3 is 12.0 Å². The number of nitrogens with zero attached hydrogens (tertiary/aromatic N) is 3. The van der Waals surface area contributed by atoms with Crippen LogP contribution in [0.4, 0.5) is 13.6 Å². The van der Waals surface area contributed by atoms with Crippen molar-refractivity contribution in [3.8, 4) is 11.6 Å². The van der Waals surface area contributed by atoms with Crippen LogP contribution in [0.1, 0.15) is 86.5 Å². The number of carboxylic acid groups (broad SMARTS) is 1. The minimum atomic E-state index is -4.19. The summed E-state index contributed by atoms with van der Waals surface area (Å²) in [7, 11) is -2.76. The fourth-order valence-corrected chi connectivity index (χ4v) is 9.75. The lowest BCUT2D eigenvalue weighted by atomic mass is 9.83. The average Bonchev–Trinajstić information content (AvgIpc) is 4.05. The number of hydrogen-bond acceptors (Lipinski definition) is 9. The first-order chi connectivity index (χ1) is 26.7. The Morgan fingerprint density at radius 3 is 2.42 bits per heavy atom. The SMILES string of the molecule is CC[C@@H]1C[C@H](C)CC/C=C\[C@@H]2C[C@@]2(C(=O)NS(=O)(=O)C2(C)CC2)NC(=O)[C@@H]2N(C[C@@](C)(Oc3ncc(OC)c4ccccc34)C2(F)F)C(=O)[C@H]1N(C(=O)O)C(C)C. The minimum absolute atomic E-state index is 0.0434. The molecule has 312 valence electrons. The van der Waals surface area contributed by atoms with Crippen molar-refractivity contribution in [2.45, 2.75) is 126 Å². The highest BCUT2D eigenvalue weighted by Crippen LogP contribution is 2.50. The molecular weight excluding hydrogens is 765 g/mol. The number of nitrogens with one attached hydrogen (secondary N) is 2. The molecular formula is C40H53F2N5O9S. The number of carbonyl (C=O) groups is 4. The number of amides is 4. The monoisotopic (exact) mass is 817 g/mol. The van der Waals surface area contributed by atoms with E-state index in [4.69, 9.17) is 9.47 Å². The number of carbonyl (C=O) groups excluding carboxylic acids is 3. The smallest absolute Gasteiger partial charge is 0.408 e. The fraction of sp³-hybridized carbons (Fsp3) is 0.625. The maximum atomic E-state index is 17.5. The van der Waals surface area contributed by atoms with Crippen LogP contribution in [-0.4, -0.2) is 106 Å². The number of ether oxygens (including phenoxy) is 2. The van der Waals surface area contributed by atoms with E-state index in [9.17, 15) is 27.9 Å². The molecule has 0 spiro atoms. The molecule has 3 heterocycles. The molecule has 2 aliphatic heterocycles. The summed E-state index contributed by atoms with van der Waals surface area (Å²) in [6, 6.07) is 1.82. The second-order valence-electron chi connectivity index (χ2n) is 16.9. The highest BCUT2D eigenvalue weighted by molar-refractivity contribution is 7.91. The molecule has 0 bridgehead atoms. The Morgan fingerprint density at radius 1 is 1.16 bits per heavy atom. The van der Waals surface area contributed by atoms with Gasteiger partial charge in [-0.05, 0) is 84.1 Å². The van der Waals surface area contributed by atoms with Gasteiger partial charge in [0, 0.05) is 22.7 Å². The third kappa shape index (κ3) is 7.40. The van der Waals surface area contributed by atoms with Gasteiger partial charge in [0.15, 0.2) is 11.6 Å². The van der Waals surface area contributed by atoms with Crippen LogP contribution in [0, 0.1) is 17.8 Å². The van der Waals surface area contributed by atoms with E-state index in [1.54, 1.807) is 51.1 Å². The number of alkyl halides is 2. The molecule has 3 N–H and O–H groups in total. The molecule has 3 fully saturated rings. The van der Waals surface area contributed by atoms with Crippen LogP contribution in [0.3, 0.4) is 0 Å². The minimum Gasteiger partial charge on any atom is -0.494 e. The average molecular weight is 818 g/mol. The van der Waals surface area contributed by atoms with Crippen molar-refractivity contribution in [2.75, 3.05) is 13.7 Å². The lowest BCUT2D eigenvalue weighted by Gasteiger charge is -2.40. The van der Waals surface area contributed by atoms with Crippen molar-refractivity contribution in [1.29, 1.82) is 0 Å². The molecule has 1 aromatic heterocycles. The highest BCUT2D eigenvalue weighted by Gasteiger charge is 2.72. The number of rotatable bonds is 9. The standard InChI is InChI=1S/C40H53F2N5O9S/c1-8-25-19-24(4)13-9-10-14-26-20-39(26,35(50)45-57(53,54)37(5)17-18-37)44-32(48)31-40(41,42)38(6,22-46(31)34(49)30(25)47(23(2)3)36(51)52)56-33-28-16-12-11-15-27(28)29(55-7)21-43-33/h10-12,14-16,21,23-26,30-31H,8-9,13,17-20,22H2,1-7H3,(H,44,48)(H,45,50)(H,51,52)/b14-10-/t24-,25-,26-,30+,31+,38-,39-/m1/s1. The van der Waals surface area contributed by atoms with Crippen LogP contribution in [0.2, 0.25) is 0 Å². The van der Waals surface area contributed by atoms with E-state index in [1.807, 2.05) is 13.0 Å². The molecule has 7 atom stereocenters. The summed E-state index contributed by atoms with van der Waals surface area (Å²) in [5, 5.41) is 13.8. The quantitative estimate of drug-likeness (QED) is 0.282. The first-order valence-corrected chi connectivity index (χ1v) is 21.0. The third-order valence-electron chi connectivity index (χ3n) is 12.4. The molecule has 2 aliphatic carbocycles. The third-order valence-corrected chi connectivity index (χ3v) is 14.6. The number of methoxy groups -OCH3 is 1. The number of fused-ring (bicyclic) bond motifs is 3. The van der Waals surface area contributed by atoms with Gasteiger partial charge in [-0.15, -0.1) is 0 Å². The van der Waals surface area contributed by atoms with Gasteiger partial charge in [-0.25, -0.2) is 18.2 Å². The van der Waals surface area contributed by atoms with Crippen molar-refractivity contribution in [3.63, 3.8) is 0 Å².